The number of primary amides is 1. The molecule has 7 nitrogen and oxygen atoms in total. The Balaban J connectivity index is 2.57. The van der Waals surface area contributed by atoms with Crippen LogP contribution in [0.3, 0.4) is 0 Å². The molecule has 0 saturated heterocycles. The lowest BCUT2D eigenvalue weighted by molar-refractivity contribution is -0.149. The molecule has 0 saturated carbocycles. The Morgan fingerprint density at radius 3 is 2.46 bits per heavy atom. The second-order valence-corrected chi connectivity index (χ2v) is 6.40. The quantitative estimate of drug-likeness (QED) is 0.586. The predicted octanol–water partition coefficient (Wildman–Crippen LogP) is 2.27. The average molecular weight is 394 g/mol. The van der Waals surface area contributed by atoms with Gasteiger partial charge >= 0.3 is 12.0 Å². The van der Waals surface area contributed by atoms with Gasteiger partial charge in [-0.2, -0.15) is 11.8 Å². The highest BCUT2D eigenvalue weighted by Gasteiger charge is 2.22. The van der Waals surface area contributed by atoms with E-state index in [4.69, 9.17) is 33.7 Å². The highest BCUT2D eigenvalue weighted by atomic mass is 35.5. The van der Waals surface area contributed by atoms with Crippen molar-refractivity contribution in [2.24, 2.45) is 5.73 Å². The Labute approximate surface area is 153 Å². The Kier molecular flexibility index (Phi) is 8.73. The fourth-order valence-electron chi connectivity index (χ4n) is 1.69. The van der Waals surface area contributed by atoms with Crippen LogP contribution in [0.1, 0.15) is 6.42 Å². The number of hydrogen-bond donors (Lipinski definition) is 3. The zero-order valence-electron chi connectivity index (χ0n) is 12.8. The first kappa shape index (κ1) is 20.4. The number of benzene rings is 1. The number of carbonyl (C=O) groups is 3. The number of amides is 3. The van der Waals surface area contributed by atoms with Crippen LogP contribution in [0.25, 0.3) is 0 Å². The highest BCUT2D eigenvalue weighted by molar-refractivity contribution is 7.98. The number of nitrogens with two attached hydrogens (primary N) is 1. The normalized spacial score (nSPS) is 11.5. The van der Waals surface area contributed by atoms with Crippen LogP contribution in [0.5, 0.6) is 0 Å². The average Bonchev–Trinajstić information content (AvgIpc) is 2.52. The van der Waals surface area contributed by atoms with E-state index in [1.54, 1.807) is 18.2 Å². The molecule has 1 rings (SSSR count). The van der Waals surface area contributed by atoms with Crippen molar-refractivity contribution in [2.75, 3.05) is 23.9 Å². The number of para-hydroxylation sites is 1. The van der Waals surface area contributed by atoms with Crippen molar-refractivity contribution in [2.45, 2.75) is 12.5 Å². The molecule has 0 fully saturated rings. The molecule has 1 atom stereocenters. The fraction of sp³-hybridized carbons (Fsp3) is 0.357. The van der Waals surface area contributed by atoms with Gasteiger partial charge in [0.1, 0.15) is 6.04 Å². The third-order valence-electron chi connectivity index (χ3n) is 2.78. The zero-order chi connectivity index (χ0) is 18.1. The molecular formula is C14H17Cl2N3O4S. The van der Waals surface area contributed by atoms with Crippen LogP contribution in [0.15, 0.2) is 18.2 Å². The lowest BCUT2D eigenvalue weighted by Crippen LogP contribution is -2.45. The first-order valence-electron chi connectivity index (χ1n) is 6.80. The summed E-state index contributed by atoms with van der Waals surface area (Å²) in [6.45, 7) is -0.545. The summed E-state index contributed by atoms with van der Waals surface area (Å²) >= 11 is 13.4. The van der Waals surface area contributed by atoms with Crippen LogP contribution in [-0.4, -0.2) is 42.6 Å². The van der Waals surface area contributed by atoms with E-state index in [9.17, 15) is 14.4 Å². The molecule has 0 bridgehead atoms. The molecule has 10 heteroatoms. The van der Waals surface area contributed by atoms with Gasteiger partial charge in [0, 0.05) is 0 Å². The van der Waals surface area contributed by atoms with Crippen molar-refractivity contribution in [1.29, 1.82) is 0 Å². The Bertz CT molecular complexity index is 595. The number of nitrogens with one attached hydrogen (secondary N) is 2. The van der Waals surface area contributed by atoms with E-state index in [1.165, 1.54) is 11.8 Å². The molecule has 24 heavy (non-hydrogen) atoms. The first-order valence-corrected chi connectivity index (χ1v) is 8.95. The second kappa shape index (κ2) is 10.3. The molecule has 0 aliphatic rings. The van der Waals surface area contributed by atoms with Crippen LogP contribution in [0, 0.1) is 0 Å². The molecule has 0 aromatic heterocycles. The number of thioether (sulfide) groups is 1. The molecule has 1 aromatic carbocycles. The number of ether oxygens (including phenoxy) is 1. The molecular weight excluding hydrogens is 377 g/mol. The van der Waals surface area contributed by atoms with Crippen molar-refractivity contribution in [3.63, 3.8) is 0 Å². The summed E-state index contributed by atoms with van der Waals surface area (Å²) < 4.78 is 4.90. The van der Waals surface area contributed by atoms with Gasteiger partial charge in [0.25, 0.3) is 5.91 Å². The highest BCUT2D eigenvalue weighted by Crippen LogP contribution is 2.29. The molecule has 132 valence electrons. The van der Waals surface area contributed by atoms with Gasteiger partial charge in [-0.05, 0) is 30.6 Å². The minimum absolute atomic E-state index is 0.232. The van der Waals surface area contributed by atoms with Crippen LogP contribution in [0.2, 0.25) is 10.0 Å². The van der Waals surface area contributed by atoms with E-state index < -0.39 is 30.6 Å². The summed E-state index contributed by atoms with van der Waals surface area (Å²) in [7, 11) is 0. The lowest BCUT2D eigenvalue weighted by Gasteiger charge is -2.16. The van der Waals surface area contributed by atoms with E-state index in [2.05, 4.69) is 10.6 Å². The molecule has 0 aliphatic carbocycles. The van der Waals surface area contributed by atoms with Crippen molar-refractivity contribution in [1.82, 2.24) is 5.32 Å². The third kappa shape index (κ3) is 6.86. The topological polar surface area (TPSA) is 111 Å². The van der Waals surface area contributed by atoms with Crippen LogP contribution >= 0.6 is 35.0 Å². The largest absolute Gasteiger partial charge is 0.454 e. The van der Waals surface area contributed by atoms with Crippen molar-refractivity contribution in [3.8, 4) is 0 Å². The number of rotatable bonds is 8. The molecule has 0 unspecified atom stereocenters. The van der Waals surface area contributed by atoms with Gasteiger partial charge in [-0.3, -0.25) is 4.79 Å². The standard InChI is InChI=1S/C14H17Cl2N3O4S/c1-24-6-5-10(18-14(17)22)13(21)23-7-11(20)19-12-8(15)3-2-4-9(12)16/h2-4,10H,5-7H2,1H3,(H,19,20)(H3,17,18,22)/t10-/m0/s1. The second-order valence-electron chi connectivity index (χ2n) is 4.60. The maximum Gasteiger partial charge on any atom is 0.329 e. The molecule has 4 N–H and O–H groups in total. The molecule has 3 amide bonds. The van der Waals surface area contributed by atoms with Crippen LogP contribution in [-0.2, 0) is 14.3 Å². The number of halogens is 2. The maximum absolute atomic E-state index is 11.9. The smallest absolute Gasteiger partial charge is 0.329 e. The molecule has 0 aliphatic heterocycles. The number of anilines is 1. The van der Waals surface area contributed by atoms with Gasteiger partial charge in [0.15, 0.2) is 6.61 Å². The summed E-state index contributed by atoms with van der Waals surface area (Å²) in [5.41, 5.74) is 5.25. The Morgan fingerprint density at radius 2 is 1.92 bits per heavy atom. The molecule has 0 radical (unpaired) electrons. The van der Waals surface area contributed by atoms with Gasteiger partial charge in [0.2, 0.25) is 0 Å². The number of esters is 1. The number of carbonyl (C=O) groups excluding carboxylic acids is 3. The summed E-state index contributed by atoms with van der Waals surface area (Å²) in [5.74, 6) is -0.745. The number of urea groups is 1. The Hall–Kier alpha value is -1.64. The van der Waals surface area contributed by atoms with Crippen LogP contribution < -0.4 is 16.4 Å². The van der Waals surface area contributed by atoms with Crippen molar-refractivity contribution < 1.29 is 19.1 Å². The van der Waals surface area contributed by atoms with E-state index in [0.29, 0.717) is 12.2 Å². The third-order valence-corrected chi connectivity index (χ3v) is 4.06. The minimum Gasteiger partial charge on any atom is -0.454 e. The summed E-state index contributed by atoms with van der Waals surface area (Å²) in [6.07, 6.45) is 2.19. The van der Waals surface area contributed by atoms with Crippen LogP contribution in [0.4, 0.5) is 10.5 Å². The van der Waals surface area contributed by atoms with Gasteiger partial charge in [-0.1, -0.05) is 29.3 Å². The van der Waals surface area contributed by atoms with Crippen molar-refractivity contribution in [3.05, 3.63) is 28.2 Å². The minimum atomic E-state index is -0.911. The fourth-order valence-corrected chi connectivity index (χ4v) is 2.65. The van der Waals surface area contributed by atoms with Crippen molar-refractivity contribution >= 4 is 58.6 Å². The predicted molar refractivity (Wildman–Crippen MR) is 95.6 cm³/mol. The van der Waals surface area contributed by atoms with Gasteiger partial charge < -0.3 is 21.1 Å². The van der Waals surface area contributed by atoms with Gasteiger partial charge in [0.05, 0.1) is 15.7 Å². The Morgan fingerprint density at radius 1 is 1.29 bits per heavy atom. The molecule has 0 spiro atoms. The van der Waals surface area contributed by atoms with E-state index in [0.717, 1.165) is 0 Å². The number of hydrogen-bond acceptors (Lipinski definition) is 5. The first-order chi connectivity index (χ1) is 11.3. The lowest BCUT2D eigenvalue weighted by atomic mass is 10.2. The zero-order valence-corrected chi connectivity index (χ0v) is 15.1. The van der Waals surface area contributed by atoms with Gasteiger partial charge in [-0.25, -0.2) is 9.59 Å². The summed E-state index contributed by atoms with van der Waals surface area (Å²) in [5, 5.41) is 5.26. The maximum atomic E-state index is 11.9. The van der Waals surface area contributed by atoms with E-state index in [-0.39, 0.29) is 15.7 Å². The molecule has 0 heterocycles. The van der Waals surface area contributed by atoms with E-state index >= 15 is 0 Å². The summed E-state index contributed by atoms with van der Waals surface area (Å²) in [6, 6.07) is 3.00. The summed E-state index contributed by atoms with van der Waals surface area (Å²) in [4.78, 5) is 34.7. The SMILES string of the molecule is CSCC[C@H](NC(N)=O)C(=O)OCC(=O)Nc1c(Cl)cccc1Cl. The molecule has 1 aromatic rings. The van der Waals surface area contributed by atoms with E-state index in [1.807, 2.05) is 6.26 Å². The van der Waals surface area contributed by atoms with Gasteiger partial charge in [-0.15, -0.1) is 0 Å². The monoisotopic (exact) mass is 393 g/mol.